The highest BCUT2D eigenvalue weighted by Gasteiger charge is 2.47. The van der Waals surface area contributed by atoms with E-state index in [0.29, 0.717) is 39.1 Å². The fourth-order valence-electron chi connectivity index (χ4n) is 13.7. The highest BCUT2D eigenvalue weighted by Crippen LogP contribution is 2.45. The zero-order valence-corrected chi connectivity index (χ0v) is 67.1. The van der Waals surface area contributed by atoms with Crippen molar-refractivity contribution in [2.24, 2.45) is 0 Å². The molecule has 1 aliphatic rings. The van der Waals surface area contributed by atoms with Crippen molar-refractivity contribution in [3.8, 4) is 0 Å². The summed E-state index contributed by atoms with van der Waals surface area (Å²) in [7, 11) is -2.42. The van der Waals surface area contributed by atoms with E-state index in [1.807, 2.05) is 0 Å². The summed E-state index contributed by atoms with van der Waals surface area (Å²) >= 11 is 0. The number of hydrogen-bond donors (Lipinski definition) is 4. The molecule has 1 rings (SSSR count). The molecule has 0 saturated carbocycles. The summed E-state index contributed by atoms with van der Waals surface area (Å²) in [4.78, 5) is 68.7. The Morgan fingerprint density at radius 3 is 0.980 bits per heavy atom. The average Bonchev–Trinajstić information content (AvgIpc) is 0.798. The van der Waals surface area contributed by atoms with Crippen molar-refractivity contribution in [2.75, 3.05) is 47.3 Å². The highest BCUT2D eigenvalue weighted by atomic mass is 31.2. The van der Waals surface area contributed by atoms with Gasteiger partial charge in [-0.1, -0.05) is 350 Å². The van der Waals surface area contributed by atoms with E-state index in [1.165, 1.54) is 219 Å². The summed E-state index contributed by atoms with van der Waals surface area (Å²) < 4.78 is 62.1. The summed E-state index contributed by atoms with van der Waals surface area (Å²) in [6.07, 6.45) is 57.7. The molecule has 0 aromatic rings. The van der Waals surface area contributed by atoms with Gasteiger partial charge in [0.1, 0.15) is 12.1 Å². The first-order valence-electron chi connectivity index (χ1n) is 42.4. The van der Waals surface area contributed by atoms with Crippen LogP contribution in [0.5, 0.6) is 0 Å². The molecule has 0 aromatic heterocycles. The van der Waals surface area contributed by atoms with Crippen molar-refractivity contribution in [1.82, 2.24) is 16.0 Å². The van der Waals surface area contributed by atoms with Crippen molar-refractivity contribution < 1.29 is 66.1 Å². The number of methoxy groups -OCH3 is 1. The molecular formula is C82H160N3O14P. The fraction of sp³-hybridized carbons (Fsp3) is 0.951. The molecule has 3 amide bonds. The van der Waals surface area contributed by atoms with Crippen molar-refractivity contribution in [1.29, 1.82) is 0 Å². The second-order valence-electron chi connectivity index (χ2n) is 29.5. The van der Waals surface area contributed by atoms with E-state index in [2.05, 4.69) is 57.5 Å². The number of amides is 3. The lowest BCUT2D eigenvalue weighted by atomic mass is 9.97. The maximum absolute atomic E-state index is 14.9. The van der Waals surface area contributed by atoms with Crippen LogP contribution >= 0.6 is 7.82 Å². The van der Waals surface area contributed by atoms with Gasteiger partial charge in [-0.15, -0.1) is 0 Å². The molecule has 0 aromatic carbocycles. The summed E-state index contributed by atoms with van der Waals surface area (Å²) in [6, 6.07) is -3.76. The van der Waals surface area contributed by atoms with Gasteiger partial charge in [0.15, 0.2) is 12.3 Å². The van der Waals surface area contributed by atoms with Crippen molar-refractivity contribution in [3.05, 3.63) is 0 Å². The van der Waals surface area contributed by atoms with E-state index >= 15 is 0 Å². The smallest absolute Gasteiger partial charge is 0.467 e. The number of unbranched alkanes of at least 4 members (excludes halogenated alkanes) is 45. The Bertz CT molecular complexity index is 1840. The third kappa shape index (κ3) is 56.2. The standard InChI is InChI=1S/C82H160N3O14P/c1-9-15-21-27-33-39-42-48-54-60-71(94-63-57-51-45-36-30-24-18-12-4)66-76(86)83-74(81(89)92-7)69-97-82-80(85-78(88)68-73(62-56-50-44-41-35-29-23-17-11-3)96-65-59-53-47-38-32-26-20-14-6)79(75(70-98-82)99-100(90,91)93-8)84-77(87)67-72(61-55-49-43-40-34-28-22-16-10-2)95-64-58-52-46-37-31-25-19-13-5/h71-75,79-80,82H,9-70H2,1-8H3,(H,83,86)(H,84,87)(H,85,88)(H,90,91)/t71-,72-,73-,74+,75-,79-,80+,82-/m1/s1. The molecular weight excluding hydrogens is 1280 g/mol. The van der Waals surface area contributed by atoms with Gasteiger partial charge >= 0.3 is 13.8 Å². The van der Waals surface area contributed by atoms with E-state index in [9.17, 15) is 28.6 Å². The molecule has 0 radical (unpaired) electrons. The zero-order chi connectivity index (χ0) is 73.0. The SMILES string of the molecule is CCCCCCCCCCC[C@H](CC(=O)N[C@@H]1[C@H](OC[C@H](NC(=O)C[C@@H](CCCCCCCCCCC)OCCCCCCCCCC)C(=O)OC)OC[C@@H](OP(=O)(O)OC)[C@H]1NC(=O)C[C@@H](CCCCCCCCCCC)OCCCCCCCCCC)OCCCCCCCCCC. The van der Waals surface area contributed by atoms with Gasteiger partial charge in [-0.3, -0.25) is 23.4 Å². The van der Waals surface area contributed by atoms with E-state index in [1.54, 1.807) is 0 Å². The molecule has 1 saturated heterocycles. The maximum Gasteiger partial charge on any atom is 0.472 e. The minimum absolute atomic E-state index is 0.00182. The summed E-state index contributed by atoms with van der Waals surface area (Å²) in [5, 5.41) is 9.17. The van der Waals surface area contributed by atoms with Crippen LogP contribution in [0.15, 0.2) is 0 Å². The monoisotopic (exact) mass is 1440 g/mol. The number of ether oxygens (including phenoxy) is 6. The second-order valence-corrected chi connectivity index (χ2v) is 31.0. The predicted octanol–water partition coefficient (Wildman–Crippen LogP) is 21.6. The van der Waals surface area contributed by atoms with Crippen LogP contribution in [0.1, 0.15) is 408 Å². The lowest BCUT2D eigenvalue weighted by molar-refractivity contribution is -0.213. The lowest BCUT2D eigenvalue weighted by Gasteiger charge is -2.43. The molecule has 1 fully saturated rings. The van der Waals surface area contributed by atoms with Crippen LogP contribution in [-0.4, -0.2) is 125 Å². The quantitative estimate of drug-likeness (QED) is 0.0253. The summed E-state index contributed by atoms with van der Waals surface area (Å²) in [5.74, 6) is -1.95. The molecule has 1 aliphatic heterocycles. The van der Waals surface area contributed by atoms with E-state index in [4.69, 9.17) is 37.5 Å². The number of hydrogen-bond acceptors (Lipinski definition) is 13. The Kier molecular flexibility index (Phi) is 66.9. The molecule has 0 aliphatic carbocycles. The Morgan fingerprint density at radius 1 is 0.400 bits per heavy atom. The first-order valence-corrected chi connectivity index (χ1v) is 43.9. The maximum atomic E-state index is 14.9. The van der Waals surface area contributed by atoms with E-state index in [-0.39, 0.29) is 32.0 Å². The van der Waals surface area contributed by atoms with E-state index < -0.39 is 80.8 Å². The van der Waals surface area contributed by atoms with Gasteiger partial charge in [-0.2, -0.15) is 0 Å². The topological polar surface area (TPSA) is 216 Å². The molecule has 0 spiro atoms. The minimum Gasteiger partial charge on any atom is -0.467 e. The van der Waals surface area contributed by atoms with Gasteiger partial charge in [-0.05, 0) is 38.5 Å². The largest absolute Gasteiger partial charge is 0.472 e. The average molecular weight is 1440 g/mol. The van der Waals surface area contributed by atoms with Crippen LogP contribution in [-0.2, 0) is 61.2 Å². The highest BCUT2D eigenvalue weighted by molar-refractivity contribution is 7.47. The number of phosphoric ester groups is 1. The van der Waals surface area contributed by atoms with Crippen LogP contribution in [0.25, 0.3) is 0 Å². The third-order valence-corrected chi connectivity index (χ3v) is 21.1. The molecule has 592 valence electrons. The van der Waals surface area contributed by atoms with Crippen LogP contribution < -0.4 is 16.0 Å². The van der Waals surface area contributed by atoms with Gasteiger partial charge in [-0.25, -0.2) is 9.36 Å². The van der Waals surface area contributed by atoms with Gasteiger partial charge in [0.2, 0.25) is 17.7 Å². The number of phosphoric acid groups is 1. The van der Waals surface area contributed by atoms with Crippen LogP contribution in [0.3, 0.4) is 0 Å². The van der Waals surface area contributed by atoms with E-state index in [0.717, 1.165) is 123 Å². The number of carbonyl (C=O) groups excluding carboxylic acids is 4. The van der Waals surface area contributed by atoms with Gasteiger partial charge in [0, 0.05) is 26.9 Å². The minimum atomic E-state index is -4.74. The summed E-state index contributed by atoms with van der Waals surface area (Å²) in [5.41, 5.74) is 0. The molecule has 1 heterocycles. The molecule has 100 heavy (non-hydrogen) atoms. The first kappa shape index (κ1) is 95.8. The number of nitrogens with one attached hydrogen (secondary N) is 3. The van der Waals surface area contributed by atoms with Crippen LogP contribution in [0.2, 0.25) is 0 Å². The van der Waals surface area contributed by atoms with Gasteiger partial charge < -0.3 is 49.3 Å². The lowest BCUT2D eigenvalue weighted by Crippen LogP contribution is -2.67. The second kappa shape index (κ2) is 69.8. The molecule has 18 heteroatoms. The molecule has 9 atom stereocenters. The number of esters is 1. The Balaban J connectivity index is 3.71. The zero-order valence-electron chi connectivity index (χ0n) is 66.2. The van der Waals surface area contributed by atoms with Crippen molar-refractivity contribution >= 4 is 31.5 Å². The Hall–Kier alpha value is -2.21. The molecule has 4 N–H and O–H groups in total. The molecule has 17 nitrogen and oxygen atoms in total. The van der Waals surface area contributed by atoms with Crippen LogP contribution in [0, 0.1) is 0 Å². The molecule has 1 unspecified atom stereocenters. The van der Waals surface area contributed by atoms with Crippen molar-refractivity contribution in [2.45, 2.75) is 456 Å². The Morgan fingerprint density at radius 2 is 0.680 bits per heavy atom. The van der Waals surface area contributed by atoms with Crippen LogP contribution in [0.4, 0.5) is 0 Å². The number of rotatable bonds is 76. The van der Waals surface area contributed by atoms with Gasteiger partial charge in [0.25, 0.3) is 0 Å². The van der Waals surface area contributed by atoms with Crippen molar-refractivity contribution in [3.63, 3.8) is 0 Å². The normalized spacial score (nSPS) is 17.4. The first-order chi connectivity index (χ1) is 48.8. The Labute approximate surface area is 614 Å². The van der Waals surface area contributed by atoms with Gasteiger partial charge in [0.05, 0.1) is 63.9 Å². The summed E-state index contributed by atoms with van der Waals surface area (Å²) in [6.45, 7) is 14.2. The third-order valence-electron chi connectivity index (χ3n) is 20.1. The number of carbonyl (C=O) groups is 4. The molecule has 0 bridgehead atoms. The fourth-order valence-corrected chi connectivity index (χ4v) is 14.3. The predicted molar refractivity (Wildman–Crippen MR) is 412 cm³/mol.